The van der Waals surface area contributed by atoms with Crippen LogP contribution in [0.1, 0.15) is 40.4 Å². The van der Waals surface area contributed by atoms with Gasteiger partial charge in [-0.05, 0) is 62.9 Å². The minimum absolute atomic E-state index is 0.0379. The van der Waals surface area contributed by atoms with Gasteiger partial charge in [-0.3, -0.25) is 14.3 Å². The molecule has 0 spiro atoms. The zero-order valence-electron chi connectivity index (χ0n) is 19.8. The van der Waals surface area contributed by atoms with E-state index in [1.54, 1.807) is 23.6 Å². The van der Waals surface area contributed by atoms with Gasteiger partial charge in [-0.1, -0.05) is 41.6 Å². The number of aromatic nitrogens is 3. The van der Waals surface area contributed by atoms with Gasteiger partial charge in [0.25, 0.3) is 0 Å². The van der Waals surface area contributed by atoms with Gasteiger partial charge in [0.05, 0.1) is 17.1 Å². The number of rotatable bonds is 6. The van der Waals surface area contributed by atoms with Crippen LogP contribution in [-0.4, -0.2) is 20.4 Å². The molecule has 0 aliphatic heterocycles. The predicted octanol–water partition coefficient (Wildman–Crippen LogP) is 6.85. The quantitative estimate of drug-likeness (QED) is 0.286. The second kappa shape index (κ2) is 9.53. The Bertz CT molecular complexity index is 1300. The van der Waals surface area contributed by atoms with Crippen molar-refractivity contribution in [3.8, 4) is 5.69 Å². The fourth-order valence-electron chi connectivity index (χ4n) is 4.09. The van der Waals surface area contributed by atoms with Gasteiger partial charge >= 0.3 is 0 Å². The van der Waals surface area contributed by atoms with E-state index in [9.17, 15) is 4.79 Å². The van der Waals surface area contributed by atoms with Gasteiger partial charge in [0, 0.05) is 30.5 Å². The maximum atomic E-state index is 12.6. The zero-order chi connectivity index (χ0) is 23.7. The van der Waals surface area contributed by atoms with Crippen molar-refractivity contribution in [3.05, 3.63) is 81.6 Å². The average molecular weight is 477 g/mol. The van der Waals surface area contributed by atoms with Crippen LogP contribution >= 0.6 is 23.1 Å². The number of anilines is 2. The number of aryl methyl sites for hydroxylation is 4. The molecule has 5 nitrogen and oxygen atoms in total. The van der Waals surface area contributed by atoms with Crippen LogP contribution in [0.3, 0.4) is 0 Å². The number of hydrogen-bond donors (Lipinski definition) is 0. The minimum Gasteiger partial charge on any atom is -0.295 e. The summed E-state index contributed by atoms with van der Waals surface area (Å²) in [4.78, 5) is 23.7. The van der Waals surface area contributed by atoms with Crippen LogP contribution in [0.5, 0.6) is 0 Å². The van der Waals surface area contributed by atoms with E-state index >= 15 is 0 Å². The Hall–Kier alpha value is -2.90. The lowest BCUT2D eigenvalue weighted by Crippen LogP contribution is -2.24. The van der Waals surface area contributed by atoms with E-state index in [2.05, 4.69) is 60.7 Å². The molecule has 0 aliphatic carbocycles. The summed E-state index contributed by atoms with van der Waals surface area (Å²) in [6, 6.07) is 10.5. The molecule has 0 fully saturated rings. The average Bonchev–Trinajstić information content (AvgIpc) is 3.40. The summed E-state index contributed by atoms with van der Waals surface area (Å²) in [6.07, 6.45) is 3.83. The second-order valence-electron chi connectivity index (χ2n) is 8.31. The summed E-state index contributed by atoms with van der Waals surface area (Å²) in [7, 11) is 0. The van der Waals surface area contributed by atoms with Crippen molar-refractivity contribution in [2.75, 3.05) is 4.90 Å². The van der Waals surface area contributed by atoms with Crippen LogP contribution in [0.15, 0.2) is 53.3 Å². The van der Waals surface area contributed by atoms with E-state index in [0.29, 0.717) is 10.9 Å². The van der Waals surface area contributed by atoms with Crippen LogP contribution in [0.2, 0.25) is 0 Å². The fraction of sp³-hybridized carbons (Fsp3) is 0.269. The number of hydrogen-bond acceptors (Lipinski definition) is 5. The first-order valence-corrected chi connectivity index (χ1v) is 12.7. The number of nitrogens with zero attached hydrogens (tertiary/aromatic N) is 4. The Morgan fingerprint density at radius 2 is 1.82 bits per heavy atom. The molecule has 0 N–H and O–H groups in total. The van der Waals surface area contributed by atoms with Gasteiger partial charge in [0.1, 0.15) is 0 Å². The number of imidazole rings is 1. The molecule has 1 amide bonds. The normalized spacial score (nSPS) is 11.1. The highest BCUT2D eigenvalue weighted by Gasteiger charge is 2.22. The lowest BCUT2D eigenvalue weighted by Gasteiger charge is -2.23. The highest BCUT2D eigenvalue weighted by atomic mass is 32.2. The Balaban J connectivity index is 1.58. The molecule has 0 saturated carbocycles. The molecule has 33 heavy (non-hydrogen) atoms. The standard InChI is InChI=1S/C26H28N4OS2/c1-16-12-18(3)24(19(4)13-16)30(21(6)31)26-28-22(15-33-26)14-32-25-27-10-11-29(25)23-9-7-8-17(2)20(23)5/h7-13,15H,14H2,1-6H3. The van der Waals surface area contributed by atoms with Gasteiger partial charge in [-0.2, -0.15) is 0 Å². The third-order valence-electron chi connectivity index (χ3n) is 5.70. The summed E-state index contributed by atoms with van der Waals surface area (Å²) in [5, 5.41) is 3.65. The Morgan fingerprint density at radius 3 is 2.52 bits per heavy atom. The number of benzene rings is 2. The van der Waals surface area contributed by atoms with Gasteiger partial charge < -0.3 is 0 Å². The molecule has 4 rings (SSSR count). The molecule has 4 aromatic rings. The molecule has 2 aromatic carbocycles. The summed E-state index contributed by atoms with van der Waals surface area (Å²) in [5.74, 6) is 0.639. The maximum Gasteiger partial charge on any atom is 0.230 e. The molecule has 0 atom stereocenters. The minimum atomic E-state index is -0.0379. The Morgan fingerprint density at radius 1 is 1.09 bits per heavy atom. The van der Waals surface area contributed by atoms with E-state index in [1.165, 1.54) is 28.0 Å². The van der Waals surface area contributed by atoms with Crippen molar-refractivity contribution in [1.29, 1.82) is 0 Å². The first-order valence-electron chi connectivity index (χ1n) is 10.8. The Labute approximate surface area is 203 Å². The van der Waals surface area contributed by atoms with Crippen molar-refractivity contribution in [2.45, 2.75) is 52.5 Å². The Kier molecular flexibility index (Phi) is 6.72. The molecule has 7 heteroatoms. The van der Waals surface area contributed by atoms with Crippen LogP contribution in [0.25, 0.3) is 5.69 Å². The smallest absolute Gasteiger partial charge is 0.230 e. The van der Waals surface area contributed by atoms with Crippen molar-refractivity contribution in [1.82, 2.24) is 14.5 Å². The predicted molar refractivity (Wildman–Crippen MR) is 138 cm³/mol. The summed E-state index contributed by atoms with van der Waals surface area (Å²) >= 11 is 3.14. The molecular weight excluding hydrogens is 448 g/mol. The van der Waals surface area contributed by atoms with E-state index in [0.717, 1.165) is 33.4 Å². The monoisotopic (exact) mass is 476 g/mol. The molecule has 2 aromatic heterocycles. The highest BCUT2D eigenvalue weighted by molar-refractivity contribution is 7.98. The van der Waals surface area contributed by atoms with Gasteiger partial charge in [0.2, 0.25) is 5.91 Å². The third-order valence-corrected chi connectivity index (χ3v) is 7.57. The van der Waals surface area contributed by atoms with Gasteiger partial charge in [0.15, 0.2) is 10.3 Å². The van der Waals surface area contributed by atoms with E-state index in [-0.39, 0.29) is 5.91 Å². The van der Waals surface area contributed by atoms with Crippen molar-refractivity contribution in [2.24, 2.45) is 0 Å². The largest absolute Gasteiger partial charge is 0.295 e. The number of carbonyl (C=O) groups is 1. The SMILES string of the molecule is CC(=O)N(c1nc(CSc2nccn2-c2cccc(C)c2C)cs1)c1c(C)cc(C)cc1C. The van der Waals surface area contributed by atoms with E-state index in [1.807, 2.05) is 31.6 Å². The van der Waals surface area contributed by atoms with Crippen LogP contribution in [0.4, 0.5) is 10.8 Å². The molecule has 170 valence electrons. The fourth-order valence-corrected chi connectivity index (χ4v) is 5.93. The van der Waals surface area contributed by atoms with Gasteiger partial charge in [-0.15, -0.1) is 11.3 Å². The summed E-state index contributed by atoms with van der Waals surface area (Å²) < 4.78 is 2.13. The molecular formula is C26H28N4OS2. The van der Waals surface area contributed by atoms with Crippen LogP contribution < -0.4 is 4.90 Å². The molecule has 0 aliphatic rings. The highest BCUT2D eigenvalue weighted by Crippen LogP contribution is 2.35. The maximum absolute atomic E-state index is 12.6. The van der Waals surface area contributed by atoms with E-state index < -0.39 is 0 Å². The number of thiazole rings is 1. The van der Waals surface area contributed by atoms with Crippen molar-refractivity contribution < 1.29 is 4.79 Å². The van der Waals surface area contributed by atoms with Crippen LogP contribution in [-0.2, 0) is 10.5 Å². The summed E-state index contributed by atoms with van der Waals surface area (Å²) in [5.41, 5.74) is 8.83. The molecule has 0 radical (unpaired) electrons. The second-order valence-corrected chi connectivity index (χ2v) is 10.1. The topological polar surface area (TPSA) is 51.0 Å². The molecule has 2 heterocycles. The first-order chi connectivity index (χ1) is 15.8. The number of carbonyl (C=O) groups excluding carboxylic acids is 1. The van der Waals surface area contributed by atoms with Crippen molar-refractivity contribution >= 4 is 39.8 Å². The lowest BCUT2D eigenvalue weighted by atomic mass is 10.0. The van der Waals surface area contributed by atoms with Crippen molar-refractivity contribution in [3.63, 3.8) is 0 Å². The van der Waals surface area contributed by atoms with Crippen LogP contribution in [0, 0.1) is 34.6 Å². The third kappa shape index (κ3) is 4.75. The zero-order valence-corrected chi connectivity index (χ0v) is 21.5. The van der Waals surface area contributed by atoms with E-state index in [4.69, 9.17) is 4.98 Å². The van der Waals surface area contributed by atoms with Gasteiger partial charge in [-0.25, -0.2) is 9.97 Å². The summed E-state index contributed by atoms with van der Waals surface area (Å²) in [6.45, 7) is 12.0. The molecule has 0 saturated heterocycles. The lowest BCUT2D eigenvalue weighted by molar-refractivity contribution is -0.115. The molecule has 0 bridgehead atoms. The number of amides is 1. The molecule has 0 unspecified atom stereocenters. The number of thioether (sulfide) groups is 1. The first kappa shape index (κ1) is 23.3.